The molecule has 92 valence electrons. The third-order valence-corrected chi connectivity index (χ3v) is 3.96. The zero-order chi connectivity index (χ0) is 12.6. The molecule has 3 heteroatoms. The van der Waals surface area contributed by atoms with Crippen LogP contribution in [0.4, 0.5) is 5.69 Å². The molecule has 3 nitrogen and oxygen atoms in total. The fourth-order valence-electron chi connectivity index (χ4n) is 2.62. The number of carbonyl (C=O) groups excluding carboxylic acids is 1. The molecule has 0 aromatic heterocycles. The number of hydrogen-bond acceptors (Lipinski definition) is 3. The van der Waals surface area contributed by atoms with Crippen molar-refractivity contribution in [3.8, 4) is 0 Å². The predicted octanol–water partition coefficient (Wildman–Crippen LogP) is 2.18. The Bertz CT molecular complexity index is 452. The molecule has 0 bridgehead atoms. The Morgan fingerprint density at radius 1 is 1.41 bits per heavy atom. The number of benzene rings is 1. The number of carbonyl (C=O) groups is 1. The van der Waals surface area contributed by atoms with Gasteiger partial charge in [-0.05, 0) is 49.8 Å². The van der Waals surface area contributed by atoms with Gasteiger partial charge >= 0.3 is 5.97 Å². The fourth-order valence-corrected chi connectivity index (χ4v) is 2.62. The highest BCUT2D eigenvalue weighted by molar-refractivity contribution is 5.76. The standard InChI is InChI=1S/C14H19NO2/c1-14(2,13(16)17-3)10-7-9-5-4-6-12(15)11(9)8-10/h4-6,10H,7-8,15H2,1-3H3. The van der Waals surface area contributed by atoms with E-state index >= 15 is 0 Å². The first-order valence-corrected chi connectivity index (χ1v) is 5.91. The molecule has 2 rings (SSSR count). The van der Waals surface area contributed by atoms with Crippen LogP contribution >= 0.6 is 0 Å². The second-order valence-corrected chi connectivity index (χ2v) is 5.30. The van der Waals surface area contributed by atoms with Crippen LogP contribution in [0.2, 0.25) is 0 Å². The average Bonchev–Trinajstić information content (AvgIpc) is 2.74. The Labute approximate surface area is 102 Å². The summed E-state index contributed by atoms with van der Waals surface area (Å²) in [6.07, 6.45) is 1.77. The highest BCUT2D eigenvalue weighted by Crippen LogP contribution is 2.41. The molecule has 2 N–H and O–H groups in total. The maximum atomic E-state index is 11.8. The van der Waals surface area contributed by atoms with Crippen molar-refractivity contribution in [1.82, 2.24) is 0 Å². The van der Waals surface area contributed by atoms with Gasteiger partial charge in [-0.1, -0.05) is 12.1 Å². The maximum absolute atomic E-state index is 11.8. The number of esters is 1. The number of fused-ring (bicyclic) bond motifs is 1. The lowest BCUT2D eigenvalue weighted by Gasteiger charge is -2.28. The number of rotatable bonds is 2. The van der Waals surface area contributed by atoms with E-state index in [0.29, 0.717) is 0 Å². The SMILES string of the molecule is COC(=O)C(C)(C)C1Cc2cccc(N)c2C1. The Kier molecular flexibility index (Phi) is 2.86. The Balaban J connectivity index is 2.26. The van der Waals surface area contributed by atoms with Crippen LogP contribution in [0.1, 0.15) is 25.0 Å². The van der Waals surface area contributed by atoms with E-state index in [-0.39, 0.29) is 11.9 Å². The summed E-state index contributed by atoms with van der Waals surface area (Å²) in [7, 11) is 1.44. The summed E-state index contributed by atoms with van der Waals surface area (Å²) in [6.45, 7) is 3.90. The van der Waals surface area contributed by atoms with Crippen LogP contribution in [0.5, 0.6) is 0 Å². The highest BCUT2D eigenvalue weighted by Gasteiger charge is 2.41. The maximum Gasteiger partial charge on any atom is 0.311 e. The van der Waals surface area contributed by atoms with Crippen LogP contribution in [0, 0.1) is 11.3 Å². The van der Waals surface area contributed by atoms with Gasteiger partial charge in [-0.3, -0.25) is 4.79 Å². The average molecular weight is 233 g/mol. The molecule has 0 saturated heterocycles. The molecule has 0 radical (unpaired) electrons. The smallest absolute Gasteiger partial charge is 0.311 e. The molecular weight excluding hydrogens is 214 g/mol. The van der Waals surface area contributed by atoms with Gasteiger partial charge in [0.05, 0.1) is 12.5 Å². The van der Waals surface area contributed by atoms with Crippen molar-refractivity contribution in [3.63, 3.8) is 0 Å². The van der Waals surface area contributed by atoms with E-state index in [1.807, 2.05) is 26.0 Å². The topological polar surface area (TPSA) is 52.3 Å². The summed E-state index contributed by atoms with van der Waals surface area (Å²) in [6, 6.07) is 5.99. The summed E-state index contributed by atoms with van der Waals surface area (Å²) in [5, 5.41) is 0. The minimum atomic E-state index is -0.458. The first kappa shape index (κ1) is 12.0. The van der Waals surface area contributed by atoms with Crippen molar-refractivity contribution in [2.45, 2.75) is 26.7 Å². The molecule has 1 aromatic rings. The lowest BCUT2D eigenvalue weighted by atomic mass is 9.77. The van der Waals surface area contributed by atoms with E-state index in [9.17, 15) is 4.79 Å². The summed E-state index contributed by atoms with van der Waals surface area (Å²) in [4.78, 5) is 11.8. The molecule has 1 aliphatic rings. The summed E-state index contributed by atoms with van der Waals surface area (Å²) < 4.78 is 4.89. The zero-order valence-electron chi connectivity index (χ0n) is 10.6. The fraction of sp³-hybridized carbons (Fsp3) is 0.500. The molecule has 1 aliphatic carbocycles. The number of nitrogen functional groups attached to an aromatic ring is 1. The number of ether oxygens (including phenoxy) is 1. The van der Waals surface area contributed by atoms with E-state index in [1.54, 1.807) is 0 Å². The van der Waals surface area contributed by atoms with Crippen LogP contribution in [0.15, 0.2) is 18.2 Å². The van der Waals surface area contributed by atoms with E-state index in [1.165, 1.54) is 18.2 Å². The third-order valence-electron chi connectivity index (χ3n) is 3.96. The van der Waals surface area contributed by atoms with Gasteiger partial charge in [-0.15, -0.1) is 0 Å². The number of anilines is 1. The molecule has 1 aromatic carbocycles. The van der Waals surface area contributed by atoms with E-state index in [4.69, 9.17) is 10.5 Å². The van der Waals surface area contributed by atoms with Gasteiger partial charge < -0.3 is 10.5 Å². The first-order chi connectivity index (χ1) is 7.96. The number of nitrogens with two attached hydrogens (primary N) is 1. The van der Waals surface area contributed by atoms with Crippen molar-refractivity contribution in [2.75, 3.05) is 12.8 Å². The summed E-state index contributed by atoms with van der Waals surface area (Å²) in [5.74, 6) is 0.128. The van der Waals surface area contributed by atoms with Gasteiger partial charge in [0.1, 0.15) is 0 Å². The van der Waals surface area contributed by atoms with Gasteiger partial charge in [0.25, 0.3) is 0 Å². The molecule has 0 saturated carbocycles. The normalized spacial score (nSPS) is 18.9. The first-order valence-electron chi connectivity index (χ1n) is 5.91. The second kappa shape index (κ2) is 4.06. The lowest BCUT2D eigenvalue weighted by molar-refractivity contribution is -0.153. The monoisotopic (exact) mass is 233 g/mol. The highest BCUT2D eigenvalue weighted by atomic mass is 16.5. The van der Waals surface area contributed by atoms with Gasteiger partial charge in [0.2, 0.25) is 0 Å². The Morgan fingerprint density at radius 3 is 2.71 bits per heavy atom. The van der Waals surface area contributed by atoms with Gasteiger partial charge in [0.15, 0.2) is 0 Å². The van der Waals surface area contributed by atoms with E-state index in [2.05, 4.69) is 6.07 Å². The molecule has 1 unspecified atom stereocenters. The van der Waals surface area contributed by atoms with Crippen molar-refractivity contribution in [3.05, 3.63) is 29.3 Å². The quantitative estimate of drug-likeness (QED) is 0.629. The third kappa shape index (κ3) is 1.90. The molecule has 0 fully saturated rings. The molecule has 0 spiro atoms. The van der Waals surface area contributed by atoms with Crippen molar-refractivity contribution >= 4 is 11.7 Å². The van der Waals surface area contributed by atoms with Crippen molar-refractivity contribution in [2.24, 2.45) is 11.3 Å². The van der Waals surface area contributed by atoms with E-state index in [0.717, 1.165) is 18.5 Å². The molecule has 0 amide bonds. The Morgan fingerprint density at radius 2 is 2.12 bits per heavy atom. The minimum absolute atomic E-state index is 0.145. The van der Waals surface area contributed by atoms with Gasteiger partial charge in [-0.2, -0.15) is 0 Å². The van der Waals surface area contributed by atoms with E-state index < -0.39 is 5.41 Å². The Hall–Kier alpha value is -1.51. The number of methoxy groups -OCH3 is 1. The second-order valence-electron chi connectivity index (χ2n) is 5.30. The lowest BCUT2D eigenvalue weighted by Crippen LogP contribution is -2.34. The number of hydrogen-bond donors (Lipinski definition) is 1. The molecule has 1 atom stereocenters. The molecule has 0 heterocycles. The minimum Gasteiger partial charge on any atom is -0.469 e. The van der Waals surface area contributed by atoms with Gasteiger partial charge in [0, 0.05) is 5.69 Å². The van der Waals surface area contributed by atoms with Crippen molar-refractivity contribution in [1.29, 1.82) is 0 Å². The molecule has 0 aliphatic heterocycles. The van der Waals surface area contributed by atoms with Gasteiger partial charge in [-0.25, -0.2) is 0 Å². The largest absolute Gasteiger partial charge is 0.469 e. The molecular formula is C14H19NO2. The predicted molar refractivity (Wildman–Crippen MR) is 67.5 cm³/mol. The van der Waals surface area contributed by atoms with Crippen LogP contribution < -0.4 is 5.73 Å². The van der Waals surface area contributed by atoms with Crippen LogP contribution in [0.3, 0.4) is 0 Å². The summed E-state index contributed by atoms with van der Waals surface area (Å²) in [5.41, 5.74) is 8.82. The zero-order valence-corrected chi connectivity index (χ0v) is 10.6. The van der Waals surface area contributed by atoms with Crippen LogP contribution in [0.25, 0.3) is 0 Å². The van der Waals surface area contributed by atoms with Crippen LogP contribution in [-0.4, -0.2) is 13.1 Å². The van der Waals surface area contributed by atoms with Crippen LogP contribution in [-0.2, 0) is 22.4 Å². The van der Waals surface area contributed by atoms with Crippen molar-refractivity contribution < 1.29 is 9.53 Å². The molecule has 17 heavy (non-hydrogen) atoms. The summed E-state index contributed by atoms with van der Waals surface area (Å²) >= 11 is 0.